The van der Waals surface area contributed by atoms with Gasteiger partial charge in [-0.1, -0.05) is 24.6 Å². The van der Waals surface area contributed by atoms with Gasteiger partial charge >= 0.3 is 6.03 Å². The van der Waals surface area contributed by atoms with Crippen molar-refractivity contribution < 1.29 is 39.6 Å². The number of hydrogen-bond donors (Lipinski definition) is 7. The van der Waals surface area contributed by atoms with Crippen LogP contribution in [0.3, 0.4) is 0 Å². The fourth-order valence-electron chi connectivity index (χ4n) is 4.89. The van der Waals surface area contributed by atoms with Crippen LogP contribution in [-0.4, -0.2) is 89.2 Å². The van der Waals surface area contributed by atoms with Crippen molar-refractivity contribution in [1.29, 1.82) is 0 Å². The van der Waals surface area contributed by atoms with Crippen LogP contribution in [0.2, 0.25) is 0 Å². The smallest absolute Gasteiger partial charge is 0.323 e. The minimum absolute atomic E-state index is 0.105. The van der Waals surface area contributed by atoms with Gasteiger partial charge in [0, 0.05) is 31.5 Å². The quantitative estimate of drug-likeness (QED) is 0.199. The molecular weight excluding hydrogens is 558 g/mol. The number of aliphatic hydroxyl groups excluding tert-OH is 3. The number of nitrogens with one attached hydrogen (secondary N) is 2. The summed E-state index contributed by atoms with van der Waals surface area (Å²) >= 11 is 0. The lowest BCUT2D eigenvalue weighted by atomic mass is 9.91. The minimum atomic E-state index is -2.42. The Morgan fingerprint density at radius 2 is 1.63 bits per heavy atom. The lowest BCUT2D eigenvalue weighted by Gasteiger charge is -2.26. The molecule has 0 aromatic heterocycles. The van der Waals surface area contributed by atoms with Gasteiger partial charge in [0.05, 0.1) is 17.3 Å². The van der Waals surface area contributed by atoms with Crippen LogP contribution in [-0.2, 0) is 16.0 Å². The first-order valence-electron chi connectivity index (χ1n) is 13.5. The molecule has 230 valence electrons. The number of fused-ring (bicyclic) bond motifs is 1. The van der Waals surface area contributed by atoms with E-state index in [1.807, 2.05) is 0 Å². The highest BCUT2D eigenvalue weighted by molar-refractivity contribution is 6.21. The number of Topliss-reactive ketones (excluding diaryl/α,β-unsaturated/α-hetero) is 1. The first-order chi connectivity index (χ1) is 20.2. The van der Waals surface area contributed by atoms with E-state index in [0.29, 0.717) is 35.9 Å². The largest absolute Gasteiger partial charge is 0.510 e. The van der Waals surface area contributed by atoms with Crippen molar-refractivity contribution in [2.24, 2.45) is 5.73 Å². The van der Waals surface area contributed by atoms with Crippen molar-refractivity contribution in [3.63, 3.8) is 0 Å². The van der Waals surface area contributed by atoms with Gasteiger partial charge in [0.25, 0.3) is 5.91 Å². The molecule has 0 radical (unpaired) electrons. The highest BCUT2D eigenvalue weighted by Gasteiger charge is 2.34. The number of ketones is 2. The molecule has 2 atom stereocenters. The summed E-state index contributed by atoms with van der Waals surface area (Å²) in [5.74, 6) is -6.09. The Labute approximate surface area is 248 Å². The molecule has 13 heteroatoms. The number of amides is 3. The normalized spacial score (nSPS) is 21.3. The van der Waals surface area contributed by atoms with Crippen molar-refractivity contribution in [2.45, 2.75) is 37.8 Å². The van der Waals surface area contributed by atoms with Crippen LogP contribution in [0.5, 0.6) is 5.75 Å². The molecule has 0 fully saturated rings. The molecule has 3 amide bonds. The number of aliphatic hydroxyl groups is 3. The molecule has 0 aliphatic heterocycles. The number of aromatic hydroxyl groups is 1. The number of nitrogens with zero attached hydrogens (tertiary/aromatic N) is 2. The van der Waals surface area contributed by atoms with Crippen molar-refractivity contribution in [1.82, 2.24) is 4.90 Å². The highest BCUT2D eigenvalue weighted by atomic mass is 16.3. The molecule has 0 spiro atoms. The van der Waals surface area contributed by atoms with Crippen LogP contribution in [0, 0.1) is 0 Å². The number of rotatable bonds is 5. The third-order valence-electron chi connectivity index (χ3n) is 7.04. The van der Waals surface area contributed by atoms with Crippen molar-refractivity contribution >= 4 is 40.6 Å². The van der Waals surface area contributed by atoms with E-state index < -0.39 is 58.5 Å². The molecule has 0 bridgehead atoms. The number of phenols is 1. The van der Waals surface area contributed by atoms with Gasteiger partial charge in [-0.15, -0.1) is 0 Å². The number of carbonyl (C=O) groups excluding carboxylic acids is 4. The number of anilines is 3. The first-order valence-corrected chi connectivity index (χ1v) is 13.5. The Bertz CT molecular complexity index is 1470. The van der Waals surface area contributed by atoms with E-state index in [9.17, 15) is 39.6 Å². The number of carbonyl (C=O) groups is 4. The number of hydrogen-bond acceptors (Lipinski definition) is 10. The van der Waals surface area contributed by atoms with Gasteiger partial charge in [-0.3, -0.25) is 19.3 Å². The summed E-state index contributed by atoms with van der Waals surface area (Å²) in [6.07, 6.45) is -0.487. The second-order valence-electron chi connectivity index (χ2n) is 10.5. The van der Waals surface area contributed by atoms with Crippen molar-refractivity contribution in [2.75, 3.05) is 43.7 Å². The summed E-state index contributed by atoms with van der Waals surface area (Å²) < 4.78 is 0. The van der Waals surface area contributed by atoms with Gasteiger partial charge in [0.1, 0.15) is 17.1 Å². The average Bonchev–Trinajstić information content (AvgIpc) is 2.93. The number of allylic oxidation sites excluding steroid dienone is 1. The van der Waals surface area contributed by atoms with Gasteiger partial charge in [0.2, 0.25) is 5.78 Å². The zero-order valence-corrected chi connectivity index (χ0v) is 24.4. The topological polar surface area (TPSA) is 206 Å². The number of para-hydroxylation sites is 1. The monoisotopic (exact) mass is 595 g/mol. The number of benzene rings is 2. The van der Waals surface area contributed by atoms with E-state index in [0.717, 1.165) is 0 Å². The Balaban J connectivity index is 2.16. The van der Waals surface area contributed by atoms with E-state index in [2.05, 4.69) is 10.6 Å². The second-order valence-corrected chi connectivity index (χ2v) is 10.5. The molecule has 3 rings (SSSR count). The Morgan fingerprint density at radius 3 is 2.21 bits per heavy atom. The predicted octanol–water partition coefficient (Wildman–Crippen LogP) is 2.61. The number of likely N-dealkylation sites (N-methyl/N-ethyl adjacent to an activating group) is 1. The zero-order chi connectivity index (χ0) is 32.0. The molecule has 0 saturated carbocycles. The third-order valence-corrected chi connectivity index (χ3v) is 7.04. The summed E-state index contributed by atoms with van der Waals surface area (Å²) in [7, 11) is 6.67. The van der Waals surface area contributed by atoms with E-state index in [1.165, 1.54) is 6.07 Å². The molecule has 43 heavy (non-hydrogen) atoms. The standard InChI is InChI=1S/C30H37N5O8/c1-34(2)19-13-9-8-12-17-20(35(3)4)14-18(33-30(43)32-16-10-6-5-7-11-16)25(38)23(17)21(36)15-22(37)27(40)28(41)24(26(19)39)29(31)42/h5-7,10-11,14-15,19,27,37-40H,8-9,12-13H2,1-4H3,(H2,31,42)(H2,32,33,43)/b22-15-,26-24-/t19?,27-/m0/s1. The summed E-state index contributed by atoms with van der Waals surface area (Å²) in [6, 6.07) is 8.54. The van der Waals surface area contributed by atoms with Gasteiger partial charge in [-0.05, 0) is 57.1 Å². The van der Waals surface area contributed by atoms with Crippen LogP contribution >= 0.6 is 0 Å². The number of nitrogens with two attached hydrogens (primary N) is 1. The molecule has 0 saturated heterocycles. The van der Waals surface area contributed by atoms with E-state index in [4.69, 9.17) is 5.73 Å². The van der Waals surface area contributed by atoms with Gasteiger partial charge < -0.3 is 41.7 Å². The maximum absolute atomic E-state index is 13.6. The van der Waals surface area contributed by atoms with Crippen LogP contribution in [0.25, 0.3) is 0 Å². The minimum Gasteiger partial charge on any atom is -0.510 e. The molecule has 13 nitrogen and oxygen atoms in total. The van der Waals surface area contributed by atoms with Crippen LogP contribution in [0.15, 0.2) is 59.6 Å². The van der Waals surface area contributed by atoms with Crippen LogP contribution < -0.4 is 21.3 Å². The lowest BCUT2D eigenvalue weighted by Crippen LogP contribution is -2.37. The highest BCUT2D eigenvalue weighted by Crippen LogP contribution is 2.39. The zero-order valence-electron chi connectivity index (χ0n) is 24.4. The fraction of sp³-hybridized carbons (Fsp3) is 0.333. The number of phenolic OH excluding ortho intramolecular Hbond substituents is 1. The summed E-state index contributed by atoms with van der Waals surface area (Å²) in [5, 5.41) is 48.5. The van der Waals surface area contributed by atoms with Crippen LogP contribution in [0.4, 0.5) is 21.9 Å². The van der Waals surface area contributed by atoms with Gasteiger partial charge in [-0.25, -0.2) is 4.79 Å². The van der Waals surface area contributed by atoms with Crippen molar-refractivity contribution in [3.05, 3.63) is 70.7 Å². The van der Waals surface area contributed by atoms with Gasteiger partial charge in [-0.2, -0.15) is 0 Å². The SMILES string of the molecule is CN(C)c1cc(NC(=O)Nc2ccccc2)c(O)c2c1CCCCC(N(C)C)/C(O)=C(/C(N)=O)C(=O)[C@@H](O)/C(O)=C/C2=O. The molecule has 2 aromatic carbocycles. The molecule has 8 N–H and O–H groups in total. The van der Waals surface area contributed by atoms with Crippen molar-refractivity contribution in [3.8, 4) is 5.75 Å². The number of urea groups is 1. The Hall–Kier alpha value is -4.88. The lowest BCUT2D eigenvalue weighted by molar-refractivity contribution is -0.126. The molecular formula is C30H37N5O8. The van der Waals surface area contributed by atoms with E-state index in [-0.39, 0.29) is 24.1 Å². The third kappa shape index (κ3) is 7.50. The van der Waals surface area contributed by atoms with E-state index in [1.54, 1.807) is 68.3 Å². The Kier molecular flexibility index (Phi) is 10.5. The molecule has 1 aliphatic carbocycles. The predicted molar refractivity (Wildman–Crippen MR) is 161 cm³/mol. The maximum atomic E-state index is 13.6. The Morgan fingerprint density at radius 1 is 0.977 bits per heavy atom. The van der Waals surface area contributed by atoms with Gasteiger partial charge in [0.15, 0.2) is 17.6 Å². The summed E-state index contributed by atoms with van der Waals surface area (Å²) in [5.41, 5.74) is 5.46. The molecule has 2 aromatic rings. The van der Waals surface area contributed by atoms with Crippen LogP contribution in [0.1, 0.15) is 35.2 Å². The second kappa shape index (κ2) is 13.9. The molecule has 1 unspecified atom stereocenters. The summed E-state index contributed by atoms with van der Waals surface area (Å²) in [6.45, 7) is 0. The fourth-order valence-corrected chi connectivity index (χ4v) is 4.89. The summed E-state index contributed by atoms with van der Waals surface area (Å²) in [4.78, 5) is 54.8. The first kappa shape index (κ1) is 32.6. The molecule has 1 aliphatic rings. The van der Waals surface area contributed by atoms with E-state index >= 15 is 0 Å². The number of primary amides is 1. The maximum Gasteiger partial charge on any atom is 0.323 e. The molecule has 0 heterocycles. The average molecular weight is 596 g/mol.